The molecule has 0 saturated heterocycles. The second kappa shape index (κ2) is 6.21. The number of nitriles is 2. The highest BCUT2D eigenvalue weighted by Gasteiger charge is 2.15. The van der Waals surface area contributed by atoms with Crippen molar-refractivity contribution in [3.05, 3.63) is 23.4 Å². The van der Waals surface area contributed by atoms with Crippen LogP contribution >= 0.6 is 0 Å². The van der Waals surface area contributed by atoms with Gasteiger partial charge < -0.3 is 9.64 Å². The van der Waals surface area contributed by atoms with Crippen molar-refractivity contribution >= 4 is 11.8 Å². The highest BCUT2D eigenvalue weighted by Crippen LogP contribution is 2.18. The molecule has 0 atom stereocenters. The topological polar surface area (TPSA) is 90.0 Å². The Morgan fingerprint density at radius 3 is 2.78 bits per heavy atom. The van der Waals surface area contributed by atoms with E-state index in [2.05, 4.69) is 4.98 Å². The molecular formula is C12H12N4O2. The molecule has 0 unspecified atom stereocenters. The summed E-state index contributed by atoms with van der Waals surface area (Å²) in [6.45, 7) is 1.99. The Kier molecular flexibility index (Phi) is 4.65. The van der Waals surface area contributed by atoms with Crippen molar-refractivity contribution in [3.8, 4) is 12.1 Å². The average Bonchev–Trinajstić information content (AvgIpc) is 2.37. The Hall–Kier alpha value is -2.60. The summed E-state index contributed by atoms with van der Waals surface area (Å²) >= 11 is 0. The fourth-order valence-electron chi connectivity index (χ4n) is 1.42. The maximum Gasteiger partial charge on any atom is 0.325 e. The highest BCUT2D eigenvalue weighted by molar-refractivity contribution is 5.76. The number of hydrogen-bond donors (Lipinski definition) is 0. The van der Waals surface area contributed by atoms with Crippen molar-refractivity contribution in [2.24, 2.45) is 0 Å². The van der Waals surface area contributed by atoms with Gasteiger partial charge in [-0.05, 0) is 13.0 Å². The summed E-state index contributed by atoms with van der Waals surface area (Å²) in [6, 6.07) is 5.30. The Balaban J connectivity index is 3.00. The van der Waals surface area contributed by atoms with Crippen molar-refractivity contribution < 1.29 is 9.53 Å². The quantitative estimate of drug-likeness (QED) is 0.728. The molecule has 92 valence electrons. The molecule has 0 N–H and O–H groups in total. The van der Waals surface area contributed by atoms with Gasteiger partial charge in [-0.2, -0.15) is 10.5 Å². The number of anilines is 1. The van der Waals surface area contributed by atoms with E-state index in [-0.39, 0.29) is 17.7 Å². The zero-order chi connectivity index (χ0) is 13.5. The molecule has 0 spiro atoms. The molecule has 0 saturated carbocycles. The van der Waals surface area contributed by atoms with Crippen LogP contribution in [0, 0.1) is 22.7 Å². The number of carbonyl (C=O) groups excluding carboxylic acids is 1. The molecule has 6 nitrogen and oxygen atoms in total. The summed E-state index contributed by atoms with van der Waals surface area (Å²) in [7, 11) is 1.61. The minimum absolute atomic E-state index is 0.0234. The van der Waals surface area contributed by atoms with E-state index in [4.69, 9.17) is 15.3 Å². The predicted molar refractivity (Wildman–Crippen MR) is 63.6 cm³/mol. The SMILES string of the molecule is CCOC(=O)CN(C)c1nccc(C#N)c1C#N. The fourth-order valence-corrected chi connectivity index (χ4v) is 1.42. The number of aromatic nitrogens is 1. The number of pyridine rings is 1. The van der Waals surface area contributed by atoms with Crippen LogP contribution in [0.1, 0.15) is 18.1 Å². The van der Waals surface area contributed by atoms with E-state index >= 15 is 0 Å². The Labute approximate surface area is 105 Å². The first-order chi connectivity index (χ1) is 8.63. The van der Waals surface area contributed by atoms with Crippen LogP contribution in [0.2, 0.25) is 0 Å². The smallest absolute Gasteiger partial charge is 0.325 e. The number of esters is 1. The lowest BCUT2D eigenvalue weighted by Crippen LogP contribution is -2.28. The van der Waals surface area contributed by atoms with E-state index in [9.17, 15) is 4.79 Å². The predicted octanol–water partition coefficient (Wildman–Crippen LogP) is 0.824. The van der Waals surface area contributed by atoms with Crippen LogP contribution in [0.3, 0.4) is 0 Å². The van der Waals surface area contributed by atoms with Crippen molar-refractivity contribution in [1.29, 1.82) is 10.5 Å². The van der Waals surface area contributed by atoms with E-state index in [0.29, 0.717) is 12.4 Å². The normalized spacial score (nSPS) is 9.11. The van der Waals surface area contributed by atoms with Crippen LogP contribution in [-0.2, 0) is 9.53 Å². The van der Waals surface area contributed by atoms with Crippen LogP contribution in [0.15, 0.2) is 12.3 Å². The van der Waals surface area contributed by atoms with Crippen LogP contribution in [0.25, 0.3) is 0 Å². The van der Waals surface area contributed by atoms with Gasteiger partial charge in [0.25, 0.3) is 0 Å². The van der Waals surface area contributed by atoms with Gasteiger partial charge in [0.15, 0.2) is 0 Å². The molecule has 1 rings (SSSR count). The minimum atomic E-state index is -0.409. The molecule has 0 aliphatic carbocycles. The Morgan fingerprint density at radius 1 is 1.50 bits per heavy atom. The fraction of sp³-hybridized carbons (Fsp3) is 0.333. The molecule has 1 heterocycles. The van der Waals surface area contributed by atoms with Gasteiger partial charge in [0.05, 0.1) is 12.2 Å². The van der Waals surface area contributed by atoms with E-state index in [1.54, 1.807) is 14.0 Å². The Morgan fingerprint density at radius 2 is 2.22 bits per heavy atom. The van der Waals surface area contributed by atoms with Crippen molar-refractivity contribution in [2.75, 3.05) is 25.1 Å². The van der Waals surface area contributed by atoms with Crippen LogP contribution < -0.4 is 4.90 Å². The summed E-state index contributed by atoms with van der Waals surface area (Å²) < 4.78 is 4.81. The maximum absolute atomic E-state index is 11.3. The molecule has 0 aliphatic heterocycles. The van der Waals surface area contributed by atoms with Crippen LogP contribution in [0.4, 0.5) is 5.82 Å². The van der Waals surface area contributed by atoms with E-state index in [1.165, 1.54) is 17.2 Å². The summed E-state index contributed by atoms with van der Waals surface area (Å²) in [5.41, 5.74) is 0.394. The van der Waals surface area contributed by atoms with Gasteiger partial charge >= 0.3 is 5.97 Å². The van der Waals surface area contributed by atoms with Gasteiger partial charge in [-0.1, -0.05) is 0 Å². The summed E-state index contributed by atoms with van der Waals surface area (Å²) in [5, 5.41) is 17.9. The van der Waals surface area contributed by atoms with Crippen molar-refractivity contribution in [2.45, 2.75) is 6.92 Å². The second-order valence-electron chi connectivity index (χ2n) is 3.44. The van der Waals surface area contributed by atoms with Gasteiger partial charge in [0.2, 0.25) is 0 Å². The average molecular weight is 244 g/mol. The largest absolute Gasteiger partial charge is 0.465 e. The number of likely N-dealkylation sites (N-methyl/N-ethyl adjacent to an activating group) is 1. The monoisotopic (exact) mass is 244 g/mol. The van der Waals surface area contributed by atoms with Gasteiger partial charge in [-0.15, -0.1) is 0 Å². The van der Waals surface area contributed by atoms with Gasteiger partial charge in [0.1, 0.15) is 30.1 Å². The van der Waals surface area contributed by atoms with Crippen molar-refractivity contribution in [3.63, 3.8) is 0 Å². The van der Waals surface area contributed by atoms with E-state index in [1.807, 2.05) is 12.1 Å². The summed E-state index contributed by atoms with van der Waals surface area (Å²) in [6.07, 6.45) is 1.43. The molecule has 1 aromatic heterocycles. The minimum Gasteiger partial charge on any atom is -0.465 e. The Bertz CT molecular complexity index is 528. The van der Waals surface area contributed by atoms with Gasteiger partial charge in [-0.25, -0.2) is 4.98 Å². The standard InChI is InChI=1S/C12H12N4O2/c1-3-18-11(17)8-16(2)12-10(7-14)9(6-13)4-5-15-12/h4-5H,3,8H2,1-2H3. The number of hydrogen-bond acceptors (Lipinski definition) is 6. The zero-order valence-electron chi connectivity index (χ0n) is 10.2. The molecule has 0 aromatic carbocycles. The maximum atomic E-state index is 11.3. The second-order valence-corrected chi connectivity index (χ2v) is 3.44. The molecule has 18 heavy (non-hydrogen) atoms. The zero-order valence-corrected chi connectivity index (χ0v) is 10.2. The first kappa shape index (κ1) is 13.5. The van der Waals surface area contributed by atoms with E-state index < -0.39 is 5.97 Å². The number of carbonyl (C=O) groups is 1. The highest BCUT2D eigenvalue weighted by atomic mass is 16.5. The number of ether oxygens (including phenoxy) is 1. The lowest BCUT2D eigenvalue weighted by molar-refractivity contribution is -0.141. The molecule has 0 fully saturated rings. The first-order valence-corrected chi connectivity index (χ1v) is 5.30. The number of rotatable bonds is 4. The molecule has 0 radical (unpaired) electrons. The van der Waals surface area contributed by atoms with Crippen LogP contribution in [0.5, 0.6) is 0 Å². The van der Waals surface area contributed by atoms with Crippen LogP contribution in [-0.4, -0.2) is 31.2 Å². The third-order valence-corrected chi connectivity index (χ3v) is 2.20. The third kappa shape index (κ3) is 2.96. The molecule has 0 bridgehead atoms. The summed E-state index contributed by atoms with van der Waals surface area (Å²) in [5.74, 6) is -0.113. The molecule has 0 aliphatic rings. The molecule has 1 aromatic rings. The third-order valence-electron chi connectivity index (χ3n) is 2.20. The van der Waals surface area contributed by atoms with Gasteiger partial charge in [-0.3, -0.25) is 4.79 Å². The molecule has 6 heteroatoms. The van der Waals surface area contributed by atoms with E-state index in [0.717, 1.165) is 0 Å². The molecule has 0 amide bonds. The van der Waals surface area contributed by atoms with Gasteiger partial charge in [0, 0.05) is 13.2 Å². The number of nitrogens with zero attached hydrogens (tertiary/aromatic N) is 4. The summed E-state index contributed by atoms with van der Waals surface area (Å²) in [4.78, 5) is 16.8. The lowest BCUT2D eigenvalue weighted by atomic mass is 10.1. The first-order valence-electron chi connectivity index (χ1n) is 5.30. The van der Waals surface area contributed by atoms with Crippen molar-refractivity contribution in [1.82, 2.24) is 4.98 Å². The molecular weight excluding hydrogens is 232 g/mol. The lowest BCUT2D eigenvalue weighted by Gasteiger charge is -2.18.